The number of hydrogen-bond acceptors (Lipinski definition) is 2. The topological polar surface area (TPSA) is 24.9 Å². The summed E-state index contributed by atoms with van der Waals surface area (Å²) in [5.74, 6) is 0.0607. The van der Waals surface area contributed by atoms with E-state index >= 15 is 0 Å². The van der Waals surface area contributed by atoms with Crippen LogP contribution in [0, 0.1) is 0 Å². The Morgan fingerprint density at radius 2 is 1.54 bits per heavy atom. The fourth-order valence-corrected chi connectivity index (χ4v) is 3.59. The zero-order chi connectivity index (χ0) is 19.3. The van der Waals surface area contributed by atoms with Gasteiger partial charge in [-0.1, -0.05) is 72.3 Å². The highest BCUT2D eigenvalue weighted by molar-refractivity contribution is 6.30. The van der Waals surface area contributed by atoms with Crippen LogP contribution < -0.4 is 5.32 Å². The molecule has 1 aromatic heterocycles. The van der Waals surface area contributed by atoms with Crippen molar-refractivity contribution in [2.75, 3.05) is 5.32 Å². The highest BCUT2D eigenvalue weighted by atomic mass is 35.5. The molecule has 2 atom stereocenters. The number of nitrogens with one attached hydrogen (secondary N) is 1. The number of aromatic nitrogens is 1. The predicted molar refractivity (Wildman–Crippen MR) is 119 cm³/mol. The number of para-hydroxylation sites is 1. The van der Waals surface area contributed by atoms with E-state index in [1.165, 1.54) is 5.56 Å². The van der Waals surface area contributed by atoms with Gasteiger partial charge in [0.25, 0.3) is 0 Å². The number of anilines is 1. The second-order valence-corrected chi connectivity index (χ2v) is 7.17. The lowest BCUT2D eigenvalue weighted by molar-refractivity contribution is 0.674. The summed E-state index contributed by atoms with van der Waals surface area (Å²) >= 11 is 6.06. The molecule has 0 spiro atoms. The third-order valence-electron chi connectivity index (χ3n) is 4.90. The van der Waals surface area contributed by atoms with Crippen LogP contribution in [0.25, 0.3) is 10.9 Å². The number of rotatable bonds is 6. The summed E-state index contributed by atoms with van der Waals surface area (Å²) in [6.45, 7) is 4.11. The molecule has 138 valence electrons. The summed E-state index contributed by atoms with van der Waals surface area (Å²) in [6, 6.07) is 30.5. The van der Waals surface area contributed by atoms with E-state index in [1.54, 1.807) is 0 Å². The summed E-state index contributed by atoms with van der Waals surface area (Å²) in [5.41, 5.74) is 4.15. The van der Waals surface area contributed by atoms with Gasteiger partial charge in [-0.2, -0.15) is 0 Å². The van der Waals surface area contributed by atoms with Crippen molar-refractivity contribution in [1.29, 1.82) is 0 Å². The van der Waals surface area contributed by atoms with Crippen LogP contribution in [0.5, 0.6) is 0 Å². The minimum Gasteiger partial charge on any atom is -0.376 e. The molecule has 0 aliphatic heterocycles. The van der Waals surface area contributed by atoms with Crippen LogP contribution in [0.4, 0.5) is 5.69 Å². The van der Waals surface area contributed by atoms with Crippen molar-refractivity contribution in [3.63, 3.8) is 0 Å². The quantitative estimate of drug-likeness (QED) is 0.361. The Hall–Kier alpha value is -3.10. The van der Waals surface area contributed by atoms with E-state index in [4.69, 9.17) is 16.6 Å². The summed E-state index contributed by atoms with van der Waals surface area (Å²) in [5, 5.41) is 5.49. The zero-order valence-electron chi connectivity index (χ0n) is 15.4. The van der Waals surface area contributed by atoms with E-state index in [0.29, 0.717) is 5.02 Å². The van der Waals surface area contributed by atoms with Gasteiger partial charge < -0.3 is 5.32 Å². The molecule has 0 fully saturated rings. The van der Waals surface area contributed by atoms with Crippen molar-refractivity contribution in [3.8, 4) is 0 Å². The van der Waals surface area contributed by atoms with Crippen LogP contribution in [0.1, 0.15) is 23.2 Å². The van der Waals surface area contributed by atoms with Crippen molar-refractivity contribution in [2.45, 2.75) is 12.0 Å². The molecule has 4 rings (SSSR count). The average Bonchev–Trinajstić information content (AvgIpc) is 2.75. The zero-order valence-corrected chi connectivity index (χ0v) is 16.2. The predicted octanol–water partition coefficient (Wildman–Crippen LogP) is 7.01. The lowest BCUT2D eigenvalue weighted by Gasteiger charge is -2.27. The van der Waals surface area contributed by atoms with Gasteiger partial charge in [-0.3, -0.25) is 4.98 Å². The molecule has 2 unspecified atom stereocenters. The number of hydrogen-bond donors (Lipinski definition) is 1. The van der Waals surface area contributed by atoms with E-state index in [-0.39, 0.29) is 12.0 Å². The van der Waals surface area contributed by atoms with E-state index in [0.717, 1.165) is 22.3 Å². The third-order valence-corrected chi connectivity index (χ3v) is 5.15. The minimum absolute atomic E-state index is 0.0607. The highest BCUT2D eigenvalue weighted by Gasteiger charge is 2.24. The minimum atomic E-state index is -0.0642. The first-order chi connectivity index (χ1) is 13.7. The van der Waals surface area contributed by atoms with Gasteiger partial charge in [-0.05, 0) is 42.0 Å². The van der Waals surface area contributed by atoms with Crippen molar-refractivity contribution in [1.82, 2.24) is 4.98 Å². The van der Waals surface area contributed by atoms with E-state index in [1.807, 2.05) is 54.6 Å². The standard InChI is InChI=1S/C25H21ClN2/c1-2-22(18-8-4-3-5-9-18)25(27-21-15-13-20(26)14-16-21)24-17-12-19-10-6-7-11-23(19)28-24/h2-17,22,25,27H,1H2. The van der Waals surface area contributed by atoms with Crippen molar-refractivity contribution in [3.05, 3.63) is 120 Å². The second kappa shape index (κ2) is 8.28. The van der Waals surface area contributed by atoms with Crippen molar-refractivity contribution < 1.29 is 0 Å². The Morgan fingerprint density at radius 1 is 0.821 bits per heavy atom. The Morgan fingerprint density at radius 3 is 2.29 bits per heavy atom. The molecule has 3 heteroatoms. The van der Waals surface area contributed by atoms with Crippen LogP contribution >= 0.6 is 11.6 Å². The number of benzene rings is 3. The molecule has 0 radical (unpaired) electrons. The van der Waals surface area contributed by atoms with Gasteiger partial charge in [0.1, 0.15) is 0 Å². The molecule has 0 aliphatic rings. The Balaban J connectivity index is 1.79. The van der Waals surface area contributed by atoms with Crippen molar-refractivity contribution >= 4 is 28.2 Å². The fraction of sp³-hybridized carbons (Fsp3) is 0.0800. The Kier molecular flexibility index (Phi) is 5.41. The van der Waals surface area contributed by atoms with Crippen LogP contribution in [-0.2, 0) is 0 Å². The van der Waals surface area contributed by atoms with Crippen LogP contribution in [-0.4, -0.2) is 4.98 Å². The van der Waals surface area contributed by atoms with Gasteiger partial charge in [0, 0.05) is 22.0 Å². The molecule has 0 bridgehead atoms. The summed E-state index contributed by atoms with van der Waals surface area (Å²) in [6.07, 6.45) is 1.99. The molecule has 28 heavy (non-hydrogen) atoms. The summed E-state index contributed by atoms with van der Waals surface area (Å²) < 4.78 is 0. The maximum Gasteiger partial charge on any atom is 0.0788 e. The molecule has 1 heterocycles. The van der Waals surface area contributed by atoms with Gasteiger partial charge in [0.2, 0.25) is 0 Å². The highest BCUT2D eigenvalue weighted by Crippen LogP contribution is 2.35. The first kappa shape index (κ1) is 18.3. The Bertz CT molecular complexity index is 1070. The number of pyridine rings is 1. The van der Waals surface area contributed by atoms with E-state index in [2.05, 4.69) is 54.4 Å². The van der Waals surface area contributed by atoms with Crippen molar-refractivity contribution in [2.24, 2.45) is 0 Å². The monoisotopic (exact) mass is 384 g/mol. The normalized spacial score (nSPS) is 13.0. The lowest BCUT2D eigenvalue weighted by atomic mass is 9.88. The number of nitrogens with zero attached hydrogens (tertiary/aromatic N) is 1. The second-order valence-electron chi connectivity index (χ2n) is 6.73. The van der Waals surface area contributed by atoms with Crippen LogP contribution in [0.15, 0.2) is 104 Å². The maximum atomic E-state index is 6.06. The maximum absolute atomic E-state index is 6.06. The first-order valence-electron chi connectivity index (χ1n) is 9.30. The summed E-state index contributed by atoms with van der Waals surface area (Å²) in [7, 11) is 0. The number of fused-ring (bicyclic) bond motifs is 1. The SMILES string of the molecule is C=CC(c1ccccc1)C(Nc1ccc(Cl)cc1)c1ccc2ccccc2n1. The van der Waals surface area contributed by atoms with Gasteiger partial charge in [0.05, 0.1) is 17.3 Å². The lowest BCUT2D eigenvalue weighted by Crippen LogP contribution is -2.19. The molecule has 0 saturated carbocycles. The fourth-order valence-electron chi connectivity index (χ4n) is 3.47. The Labute approximate surface area is 170 Å². The third kappa shape index (κ3) is 3.92. The summed E-state index contributed by atoms with van der Waals surface area (Å²) in [4.78, 5) is 4.95. The van der Waals surface area contributed by atoms with E-state index in [9.17, 15) is 0 Å². The average molecular weight is 385 g/mol. The molecule has 0 amide bonds. The van der Waals surface area contributed by atoms with Gasteiger partial charge >= 0.3 is 0 Å². The van der Waals surface area contributed by atoms with Crippen LogP contribution in [0.3, 0.4) is 0 Å². The molecule has 1 N–H and O–H groups in total. The molecule has 0 aliphatic carbocycles. The van der Waals surface area contributed by atoms with Gasteiger partial charge in [0.15, 0.2) is 0 Å². The van der Waals surface area contributed by atoms with Gasteiger partial charge in [-0.25, -0.2) is 0 Å². The largest absolute Gasteiger partial charge is 0.376 e. The smallest absolute Gasteiger partial charge is 0.0788 e. The molecule has 0 saturated heterocycles. The molecule has 3 aromatic carbocycles. The first-order valence-corrected chi connectivity index (χ1v) is 9.68. The van der Waals surface area contributed by atoms with Gasteiger partial charge in [-0.15, -0.1) is 6.58 Å². The molecule has 2 nitrogen and oxygen atoms in total. The molecular formula is C25H21ClN2. The van der Waals surface area contributed by atoms with E-state index < -0.39 is 0 Å². The molecular weight excluding hydrogens is 364 g/mol. The van der Waals surface area contributed by atoms with Crippen LogP contribution in [0.2, 0.25) is 5.02 Å². The molecule has 4 aromatic rings. The number of halogens is 1.